The van der Waals surface area contributed by atoms with E-state index in [2.05, 4.69) is 80.2 Å². The van der Waals surface area contributed by atoms with E-state index in [-0.39, 0.29) is 0 Å². The molecule has 4 rings (SSSR count). The minimum atomic E-state index is 0.369. The lowest BCUT2D eigenvalue weighted by Crippen LogP contribution is -1.97. The lowest BCUT2D eigenvalue weighted by Gasteiger charge is -2.12. The highest BCUT2D eigenvalue weighted by atomic mass is 14.9. The molecule has 1 heterocycles. The van der Waals surface area contributed by atoms with Gasteiger partial charge in [-0.15, -0.1) is 5.73 Å². The lowest BCUT2D eigenvalue weighted by atomic mass is 9.91. The van der Waals surface area contributed by atoms with Crippen LogP contribution in [0.25, 0.3) is 16.5 Å². The van der Waals surface area contributed by atoms with Gasteiger partial charge >= 0.3 is 0 Å². The van der Waals surface area contributed by atoms with Gasteiger partial charge in [-0.2, -0.15) is 0 Å². The molecule has 138 valence electrons. The molecule has 1 heteroatoms. The smallest absolute Gasteiger partial charge is 0.0479 e. The predicted molar refractivity (Wildman–Crippen MR) is 116 cm³/mol. The number of hydrogen-bond acceptors (Lipinski definition) is 0. The Hall–Kier alpha value is -2.50. The molecule has 0 radical (unpaired) electrons. The maximum absolute atomic E-state index is 4.04. The van der Waals surface area contributed by atoms with Crippen LogP contribution in [0.4, 0.5) is 0 Å². The van der Waals surface area contributed by atoms with Crippen LogP contribution < -0.4 is 0 Å². The number of nitrogens with zero attached hydrogens (tertiary/aromatic N) is 1. The van der Waals surface area contributed by atoms with Gasteiger partial charge in [-0.3, -0.25) is 0 Å². The number of unbranched alkanes of at least 4 members (excludes halogenated alkanes) is 2. The van der Waals surface area contributed by atoms with E-state index in [0.29, 0.717) is 5.92 Å². The van der Waals surface area contributed by atoms with Crippen molar-refractivity contribution in [1.82, 2.24) is 4.57 Å². The SMILES string of the molecule is C=C=C1c2cc(CCCCC)ccc2CC1c1ccc2c(c1)cc(C)n2C. The van der Waals surface area contributed by atoms with E-state index in [4.69, 9.17) is 0 Å². The number of hydrogen-bond donors (Lipinski definition) is 0. The van der Waals surface area contributed by atoms with E-state index in [1.165, 1.54) is 70.1 Å². The summed E-state index contributed by atoms with van der Waals surface area (Å²) in [6, 6.07) is 16.2. The van der Waals surface area contributed by atoms with Gasteiger partial charge in [-0.25, -0.2) is 0 Å². The topological polar surface area (TPSA) is 4.93 Å². The fraction of sp³-hybridized carbons (Fsp3) is 0.346. The van der Waals surface area contributed by atoms with Gasteiger partial charge in [0.25, 0.3) is 0 Å². The van der Waals surface area contributed by atoms with E-state index in [0.717, 1.165) is 6.42 Å². The zero-order valence-electron chi connectivity index (χ0n) is 16.8. The lowest BCUT2D eigenvalue weighted by molar-refractivity contribution is 0.717. The Morgan fingerprint density at radius 3 is 2.74 bits per heavy atom. The summed E-state index contributed by atoms with van der Waals surface area (Å²) in [6.45, 7) is 8.46. The van der Waals surface area contributed by atoms with Crippen molar-refractivity contribution in [3.8, 4) is 0 Å². The van der Waals surface area contributed by atoms with Gasteiger partial charge < -0.3 is 4.57 Å². The summed E-state index contributed by atoms with van der Waals surface area (Å²) in [5, 5.41) is 1.33. The third kappa shape index (κ3) is 3.17. The van der Waals surface area contributed by atoms with Crippen molar-refractivity contribution >= 4 is 16.5 Å². The van der Waals surface area contributed by atoms with E-state index < -0.39 is 0 Å². The van der Waals surface area contributed by atoms with Crippen molar-refractivity contribution in [2.45, 2.75) is 51.9 Å². The summed E-state index contributed by atoms with van der Waals surface area (Å²) in [5.41, 5.74) is 12.8. The highest BCUT2D eigenvalue weighted by Crippen LogP contribution is 2.43. The summed E-state index contributed by atoms with van der Waals surface area (Å²) < 4.78 is 2.26. The Morgan fingerprint density at radius 1 is 1.11 bits per heavy atom. The van der Waals surface area contributed by atoms with Crippen LogP contribution in [-0.2, 0) is 19.9 Å². The Morgan fingerprint density at radius 2 is 1.96 bits per heavy atom. The first-order valence-corrected chi connectivity index (χ1v) is 10.2. The Kier molecular flexibility index (Phi) is 4.81. The molecule has 0 aliphatic heterocycles. The van der Waals surface area contributed by atoms with Crippen molar-refractivity contribution in [2.24, 2.45) is 7.05 Å². The van der Waals surface area contributed by atoms with Crippen LogP contribution in [0.15, 0.2) is 54.8 Å². The van der Waals surface area contributed by atoms with E-state index in [1.807, 2.05) is 0 Å². The van der Waals surface area contributed by atoms with Crippen LogP contribution >= 0.6 is 0 Å². The summed E-state index contributed by atoms with van der Waals surface area (Å²) >= 11 is 0. The molecule has 0 amide bonds. The van der Waals surface area contributed by atoms with Gasteiger partial charge in [0.15, 0.2) is 0 Å². The molecule has 1 aliphatic rings. The minimum Gasteiger partial charge on any atom is -0.348 e. The number of aromatic nitrogens is 1. The molecule has 0 N–H and O–H groups in total. The second kappa shape index (κ2) is 7.25. The minimum absolute atomic E-state index is 0.369. The van der Waals surface area contributed by atoms with Crippen LogP contribution in [0.1, 0.15) is 60.1 Å². The molecule has 1 aromatic heterocycles. The van der Waals surface area contributed by atoms with Gasteiger partial charge in [0.1, 0.15) is 0 Å². The molecule has 1 unspecified atom stereocenters. The van der Waals surface area contributed by atoms with Gasteiger partial charge in [0, 0.05) is 35.1 Å². The van der Waals surface area contributed by atoms with Gasteiger partial charge in [0.05, 0.1) is 0 Å². The maximum Gasteiger partial charge on any atom is 0.0479 e. The number of fused-ring (bicyclic) bond motifs is 2. The molecule has 1 aliphatic carbocycles. The Labute approximate surface area is 163 Å². The van der Waals surface area contributed by atoms with Crippen molar-refractivity contribution in [1.29, 1.82) is 0 Å². The third-order valence-electron chi connectivity index (χ3n) is 6.21. The fourth-order valence-corrected chi connectivity index (χ4v) is 4.52. The molecule has 0 bridgehead atoms. The first-order valence-electron chi connectivity index (χ1n) is 10.2. The Balaban J connectivity index is 1.67. The van der Waals surface area contributed by atoms with Crippen molar-refractivity contribution in [2.75, 3.05) is 0 Å². The number of benzene rings is 2. The summed E-state index contributed by atoms with van der Waals surface area (Å²) in [6.07, 6.45) is 6.08. The van der Waals surface area contributed by atoms with Gasteiger partial charge in [-0.1, -0.05) is 50.6 Å². The molecule has 0 fully saturated rings. The molecule has 2 aromatic carbocycles. The molecule has 0 saturated carbocycles. The first kappa shape index (κ1) is 17.9. The van der Waals surface area contributed by atoms with Crippen molar-refractivity contribution in [3.63, 3.8) is 0 Å². The van der Waals surface area contributed by atoms with Gasteiger partial charge in [0.2, 0.25) is 0 Å². The average Bonchev–Trinajstić information content (AvgIpc) is 3.18. The van der Waals surface area contributed by atoms with Crippen molar-refractivity contribution < 1.29 is 0 Å². The molecular weight excluding hydrogens is 326 g/mol. The molecule has 3 aromatic rings. The maximum atomic E-state index is 4.04. The highest BCUT2D eigenvalue weighted by Gasteiger charge is 2.28. The normalized spacial score (nSPS) is 16.0. The molecular formula is C26H29N. The summed E-state index contributed by atoms with van der Waals surface area (Å²) in [4.78, 5) is 0. The largest absolute Gasteiger partial charge is 0.348 e. The van der Waals surface area contributed by atoms with Gasteiger partial charge in [-0.05, 0) is 66.6 Å². The van der Waals surface area contributed by atoms with Crippen LogP contribution in [0.3, 0.4) is 0 Å². The van der Waals surface area contributed by atoms with E-state index in [1.54, 1.807) is 0 Å². The van der Waals surface area contributed by atoms with E-state index in [9.17, 15) is 0 Å². The predicted octanol–water partition coefficient (Wildman–Crippen LogP) is 6.73. The summed E-state index contributed by atoms with van der Waals surface area (Å²) in [7, 11) is 2.14. The fourth-order valence-electron chi connectivity index (χ4n) is 4.52. The first-order chi connectivity index (χ1) is 13.1. The van der Waals surface area contributed by atoms with Crippen LogP contribution in [0.2, 0.25) is 0 Å². The van der Waals surface area contributed by atoms with Crippen LogP contribution in [-0.4, -0.2) is 4.57 Å². The quantitative estimate of drug-likeness (QED) is 0.353. The number of rotatable bonds is 5. The Bertz CT molecular complexity index is 1040. The number of allylic oxidation sites excluding steroid dienone is 1. The zero-order valence-corrected chi connectivity index (χ0v) is 16.8. The second-order valence-corrected chi connectivity index (χ2v) is 7.96. The van der Waals surface area contributed by atoms with Crippen LogP contribution in [0.5, 0.6) is 0 Å². The monoisotopic (exact) mass is 355 g/mol. The molecule has 1 atom stereocenters. The molecule has 1 nitrogen and oxygen atoms in total. The zero-order chi connectivity index (χ0) is 19.0. The summed E-state index contributed by atoms with van der Waals surface area (Å²) in [5.74, 6) is 0.369. The standard InChI is InChI=1S/C26H29N/c1-5-7-8-9-19-10-11-21-17-25(23(6-2)24(21)15-19)20-12-13-26-22(16-20)14-18(3)27(26)4/h10-16,25H,2,5,7-9,17H2,1,3-4H3. The average molecular weight is 356 g/mol. The molecule has 0 spiro atoms. The van der Waals surface area contributed by atoms with Crippen LogP contribution in [0, 0.1) is 6.92 Å². The van der Waals surface area contributed by atoms with Crippen molar-refractivity contribution in [3.05, 3.63) is 82.7 Å². The molecule has 27 heavy (non-hydrogen) atoms. The second-order valence-electron chi connectivity index (χ2n) is 7.96. The third-order valence-corrected chi connectivity index (χ3v) is 6.21. The molecule has 0 saturated heterocycles. The number of aryl methyl sites for hydroxylation is 3. The highest BCUT2D eigenvalue weighted by molar-refractivity contribution is 5.84. The van der Waals surface area contributed by atoms with E-state index >= 15 is 0 Å².